The molecule has 0 unspecified atom stereocenters. The van der Waals surface area contributed by atoms with Gasteiger partial charge < -0.3 is 14.5 Å². The summed E-state index contributed by atoms with van der Waals surface area (Å²) in [6.07, 6.45) is 8.01. The Morgan fingerprint density at radius 3 is 2.88 bits per heavy atom. The van der Waals surface area contributed by atoms with Gasteiger partial charge in [-0.05, 0) is 49.1 Å². The van der Waals surface area contributed by atoms with Gasteiger partial charge in [-0.2, -0.15) is 0 Å². The Bertz CT molecular complexity index is 1350. The number of hydrogen-bond donors (Lipinski definition) is 2. The van der Waals surface area contributed by atoms with E-state index in [2.05, 4.69) is 60.9 Å². The Hall–Kier alpha value is -3.39. The van der Waals surface area contributed by atoms with Crippen molar-refractivity contribution >= 4 is 22.7 Å². The molecule has 168 valence electrons. The summed E-state index contributed by atoms with van der Waals surface area (Å²) in [7, 11) is 0. The van der Waals surface area contributed by atoms with Crippen LogP contribution in [0.2, 0.25) is 0 Å². The third-order valence-corrected chi connectivity index (χ3v) is 6.74. The zero-order chi connectivity index (χ0) is 22.6. The van der Waals surface area contributed by atoms with Gasteiger partial charge in [-0.25, -0.2) is 9.37 Å². The maximum Gasteiger partial charge on any atom is 0.191 e. The maximum atomic E-state index is 13.6. The summed E-state index contributed by atoms with van der Waals surface area (Å²) in [5.41, 5.74) is 5.53. The lowest BCUT2D eigenvalue weighted by Crippen LogP contribution is -2.07. The standard InChI is InChI=1S/C25H25FN6S/c1-17-4-2-5-18(10-17)15-33-25-31-30-24(32(25)9-3-6-21-14-27-16-29-21)11-19-13-28-23-12-20(26)7-8-22(19)23/h2,4-5,7-8,10,12-14,16,28H,3,6,9,11,15H2,1H3,(H,27,29). The van der Waals surface area contributed by atoms with Gasteiger partial charge in [0.1, 0.15) is 11.6 Å². The fourth-order valence-electron chi connectivity index (χ4n) is 4.06. The summed E-state index contributed by atoms with van der Waals surface area (Å²) in [4.78, 5) is 10.5. The van der Waals surface area contributed by atoms with E-state index in [1.165, 1.54) is 23.3 Å². The van der Waals surface area contributed by atoms with E-state index in [0.717, 1.165) is 58.3 Å². The van der Waals surface area contributed by atoms with Crippen molar-refractivity contribution in [3.05, 3.63) is 95.2 Å². The van der Waals surface area contributed by atoms with Gasteiger partial charge in [0.05, 0.1) is 6.33 Å². The van der Waals surface area contributed by atoms with Crippen molar-refractivity contribution < 1.29 is 4.39 Å². The number of hydrogen-bond acceptors (Lipinski definition) is 4. The third-order valence-electron chi connectivity index (χ3n) is 5.70. The van der Waals surface area contributed by atoms with Crippen LogP contribution in [0.1, 0.15) is 34.6 Å². The summed E-state index contributed by atoms with van der Waals surface area (Å²) >= 11 is 1.71. The number of imidazole rings is 1. The molecule has 0 atom stereocenters. The fraction of sp³-hybridized carbons (Fsp3) is 0.240. The van der Waals surface area contributed by atoms with Crippen molar-refractivity contribution in [2.75, 3.05) is 0 Å². The first kappa shape index (κ1) is 21.5. The third kappa shape index (κ3) is 5.01. The molecule has 0 aliphatic carbocycles. The van der Waals surface area contributed by atoms with Crippen molar-refractivity contribution in [1.82, 2.24) is 29.7 Å². The molecule has 5 aromatic rings. The summed E-state index contributed by atoms with van der Waals surface area (Å²) in [5.74, 6) is 1.51. The second-order valence-electron chi connectivity index (χ2n) is 8.19. The fourth-order valence-corrected chi connectivity index (χ4v) is 4.98. The van der Waals surface area contributed by atoms with Crippen LogP contribution in [0, 0.1) is 12.7 Å². The van der Waals surface area contributed by atoms with Crippen LogP contribution in [0.5, 0.6) is 0 Å². The first-order chi connectivity index (χ1) is 16.2. The minimum Gasteiger partial charge on any atom is -0.361 e. The van der Waals surface area contributed by atoms with Crippen molar-refractivity contribution in [2.24, 2.45) is 0 Å². The van der Waals surface area contributed by atoms with Gasteiger partial charge in [0.2, 0.25) is 0 Å². The molecular formula is C25H25FN6S. The maximum absolute atomic E-state index is 13.6. The van der Waals surface area contributed by atoms with Crippen LogP contribution in [0.3, 0.4) is 0 Å². The Kier molecular flexibility index (Phi) is 6.26. The molecule has 0 saturated carbocycles. The number of aryl methyl sites for hydroxylation is 2. The summed E-state index contributed by atoms with van der Waals surface area (Å²) in [6, 6.07) is 13.4. The molecule has 0 saturated heterocycles. The van der Waals surface area contributed by atoms with E-state index in [1.807, 2.05) is 18.5 Å². The Morgan fingerprint density at radius 2 is 2.03 bits per heavy atom. The van der Waals surface area contributed by atoms with Crippen LogP contribution in [-0.4, -0.2) is 29.7 Å². The van der Waals surface area contributed by atoms with Crippen molar-refractivity contribution in [3.63, 3.8) is 0 Å². The van der Waals surface area contributed by atoms with Crippen molar-refractivity contribution in [2.45, 2.75) is 43.6 Å². The molecule has 2 aromatic carbocycles. The van der Waals surface area contributed by atoms with E-state index in [0.29, 0.717) is 6.42 Å². The Morgan fingerprint density at radius 1 is 1.09 bits per heavy atom. The summed E-state index contributed by atoms with van der Waals surface area (Å²) in [5, 5.41) is 11.0. The molecule has 8 heteroatoms. The molecule has 0 radical (unpaired) electrons. The summed E-state index contributed by atoms with van der Waals surface area (Å²) in [6.45, 7) is 2.92. The largest absolute Gasteiger partial charge is 0.361 e. The number of nitrogens with zero attached hydrogens (tertiary/aromatic N) is 4. The second-order valence-corrected chi connectivity index (χ2v) is 9.13. The molecular weight excluding hydrogens is 435 g/mol. The van der Waals surface area contributed by atoms with Crippen molar-refractivity contribution in [1.29, 1.82) is 0 Å². The highest BCUT2D eigenvalue weighted by Crippen LogP contribution is 2.26. The Labute approximate surface area is 195 Å². The van der Waals surface area contributed by atoms with Crippen LogP contribution in [0.4, 0.5) is 4.39 Å². The van der Waals surface area contributed by atoms with E-state index in [-0.39, 0.29) is 5.82 Å². The van der Waals surface area contributed by atoms with Gasteiger partial charge >= 0.3 is 0 Å². The predicted molar refractivity (Wildman–Crippen MR) is 129 cm³/mol. The number of rotatable bonds is 9. The molecule has 3 heterocycles. The normalized spacial score (nSPS) is 11.5. The minimum absolute atomic E-state index is 0.243. The van der Waals surface area contributed by atoms with E-state index >= 15 is 0 Å². The average molecular weight is 461 g/mol. The molecule has 33 heavy (non-hydrogen) atoms. The van der Waals surface area contributed by atoms with E-state index in [1.54, 1.807) is 18.1 Å². The molecule has 3 aromatic heterocycles. The molecule has 2 N–H and O–H groups in total. The van der Waals surface area contributed by atoms with Crippen LogP contribution in [-0.2, 0) is 25.1 Å². The van der Waals surface area contributed by atoms with E-state index < -0.39 is 0 Å². The molecule has 0 fully saturated rings. The molecule has 0 aliphatic heterocycles. The number of aromatic nitrogens is 6. The molecule has 6 nitrogen and oxygen atoms in total. The molecule has 5 rings (SSSR count). The van der Waals surface area contributed by atoms with Crippen LogP contribution < -0.4 is 0 Å². The quantitative estimate of drug-likeness (QED) is 0.287. The number of nitrogens with one attached hydrogen (secondary N) is 2. The number of fused-ring (bicyclic) bond motifs is 1. The molecule has 0 bridgehead atoms. The van der Waals surface area contributed by atoms with Gasteiger partial charge in [-0.3, -0.25) is 0 Å². The number of benzene rings is 2. The summed E-state index contributed by atoms with van der Waals surface area (Å²) < 4.78 is 15.8. The van der Waals surface area contributed by atoms with Gasteiger partial charge in [0.25, 0.3) is 0 Å². The van der Waals surface area contributed by atoms with E-state index in [4.69, 9.17) is 0 Å². The molecule has 0 aliphatic rings. The zero-order valence-electron chi connectivity index (χ0n) is 18.4. The lowest BCUT2D eigenvalue weighted by Gasteiger charge is -2.10. The van der Waals surface area contributed by atoms with Gasteiger partial charge in [0.15, 0.2) is 5.16 Å². The minimum atomic E-state index is -0.243. The Balaban J connectivity index is 1.38. The topological polar surface area (TPSA) is 75.2 Å². The highest BCUT2D eigenvalue weighted by atomic mass is 32.2. The van der Waals surface area contributed by atoms with Crippen LogP contribution in [0.25, 0.3) is 10.9 Å². The average Bonchev–Trinajstić information content (AvgIpc) is 3.54. The van der Waals surface area contributed by atoms with Gasteiger partial charge in [-0.1, -0.05) is 41.6 Å². The van der Waals surface area contributed by atoms with Crippen molar-refractivity contribution in [3.8, 4) is 0 Å². The predicted octanol–water partition coefficient (Wildman–Crippen LogP) is 5.45. The van der Waals surface area contributed by atoms with Crippen LogP contribution >= 0.6 is 11.8 Å². The lowest BCUT2D eigenvalue weighted by molar-refractivity contribution is 0.572. The van der Waals surface area contributed by atoms with Crippen LogP contribution in [0.15, 0.2) is 66.3 Å². The van der Waals surface area contributed by atoms with E-state index in [9.17, 15) is 4.39 Å². The highest BCUT2D eigenvalue weighted by Gasteiger charge is 2.15. The molecule has 0 spiro atoms. The van der Waals surface area contributed by atoms with Gasteiger partial charge in [0, 0.05) is 47.7 Å². The molecule has 0 amide bonds. The van der Waals surface area contributed by atoms with Gasteiger partial charge in [-0.15, -0.1) is 10.2 Å². The monoisotopic (exact) mass is 460 g/mol. The SMILES string of the molecule is Cc1cccc(CSc2nnc(Cc3c[nH]c4cc(F)ccc34)n2CCCc2cnc[nH]2)c1. The first-order valence-electron chi connectivity index (χ1n) is 11.0. The number of halogens is 1. The smallest absolute Gasteiger partial charge is 0.191 e. The number of aromatic amines is 2. The second kappa shape index (κ2) is 9.62. The first-order valence-corrected chi connectivity index (χ1v) is 12.0. The zero-order valence-corrected chi connectivity index (χ0v) is 19.2. The lowest BCUT2D eigenvalue weighted by atomic mass is 10.1. The number of thioether (sulfide) groups is 1. The highest BCUT2D eigenvalue weighted by molar-refractivity contribution is 7.98. The number of H-pyrrole nitrogens is 2.